The van der Waals surface area contributed by atoms with E-state index >= 15 is 0 Å². The molecule has 1 saturated carbocycles. The van der Waals surface area contributed by atoms with E-state index in [1.165, 1.54) is 23.1 Å². The van der Waals surface area contributed by atoms with E-state index in [0.717, 1.165) is 24.1 Å². The summed E-state index contributed by atoms with van der Waals surface area (Å²) in [4.78, 5) is 12.4. The first-order valence-corrected chi connectivity index (χ1v) is 7.55. The third-order valence-electron chi connectivity index (χ3n) is 4.15. The fourth-order valence-corrected chi connectivity index (χ4v) is 4.12. The first kappa shape index (κ1) is 12.0. The average Bonchev–Trinajstić information content (AvgIpc) is 2.70. The average molecular weight is 261 g/mol. The molecule has 0 N–H and O–H groups in total. The summed E-state index contributed by atoms with van der Waals surface area (Å²) in [5.74, 6) is 0.827. The molecule has 96 valence electrons. The van der Waals surface area contributed by atoms with Crippen LogP contribution in [-0.4, -0.2) is 3.96 Å². The molecule has 1 aromatic carbocycles. The normalized spacial score (nSPS) is 24.6. The maximum absolute atomic E-state index is 12.4. The van der Waals surface area contributed by atoms with E-state index in [1.54, 1.807) is 11.5 Å². The van der Waals surface area contributed by atoms with Crippen LogP contribution in [0.2, 0.25) is 0 Å². The number of hydrogen-bond acceptors (Lipinski definition) is 2. The van der Waals surface area contributed by atoms with Gasteiger partial charge in [0.1, 0.15) is 0 Å². The molecule has 0 atom stereocenters. The Morgan fingerprint density at radius 2 is 1.94 bits per heavy atom. The van der Waals surface area contributed by atoms with Crippen LogP contribution in [0.25, 0.3) is 10.1 Å². The van der Waals surface area contributed by atoms with E-state index in [2.05, 4.69) is 19.9 Å². The number of nitrogens with zero attached hydrogens (tertiary/aromatic N) is 1. The van der Waals surface area contributed by atoms with Crippen molar-refractivity contribution in [3.63, 3.8) is 0 Å². The van der Waals surface area contributed by atoms with Gasteiger partial charge in [-0.3, -0.25) is 8.75 Å². The molecule has 0 bridgehead atoms. The van der Waals surface area contributed by atoms with Gasteiger partial charge in [-0.25, -0.2) is 0 Å². The zero-order valence-corrected chi connectivity index (χ0v) is 11.8. The molecule has 18 heavy (non-hydrogen) atoms. The van der Waals surface area contributed by atoms with Crippen molar-refractivity contribution < 1.29 is 0 Å². The number of rotatable bonds is 1. The molecule has 0 amide bonds. The third kappa shape index (κ3) is 1.91. The van der Waals surface area contributed by atoms with E-state index in [4.69, 9.17) is 0 Å². The second-order valence-electron chi connectivity index (χ2n) is 5.59. The van der Waals surface area contributed by atoms with Gasteiger partial charge in [0.2, 0.25) is 0 Å². The minimum atomic E-state index is 0.221. The van der Waals surface area contributed by atoms with Crippen molar-refractivity contribution in [2.24, 2.45) is 5.92 Å². The fourth-order valence-electron chi connectivity index (χ4n) is 2.92. The van der Waals surface area contributed by atoms with Crippen molar-refractivity contribution in [2.75, 3.05) is 0 Å². The van der Waals surface area contributed by atoms with Crippen molar-refractivity contribution in [1.82, 2.24) is 3.96 Å². The van der Waals surface area contributed by atoms with Crippen molar-refractivity contribution in [3.05, 3.63) is 34.1 Å². The first-order valence-electron chi connectivity index (χ1n) is 6.78. The third-order valence-corrected chi connectivity index (χ3v) is 5.53. The summed E-state index contributed by atoms with van der Waals surface area (Å²) >= 11 is 1.66. The zero-order valence-electron chi connectivity index (χ0n) is 11.0. The molecule has 0 spiro atoms. The van der Waals surface area contributed by atoms with Crippen molar-refractivity contribution >= 4 is 21.6 Å². The summed E-state index contributed by atoms with van der Waals surface area (Å²) in [5.41, 5.74) is 1.44. The van der Waals surface area contributed by atoms with E-state index in [0.29, 0.717) is 6.04 Å². The van der Waals surface area contributed by atoms with Gasteiger partial charge >= 0.3 is 0 Å². The highest BCUT2D eigenvalue weighted by Gasteiger charge is 2.22. The van der Waals surface area contributed by atoms with Crippen LogP contribution in [0.4, 0.5) is 0 Å². The molecule has 1 fully saturated rings. The predicted molar refractivity (Wildman–Crippen MR) is 77.5 cm³/mol. The van der Waals surface area contributed by atoms with Gasteiger partial charge in [-0.05, 0) is 50.2 Å². The smallest absolute Gasteiger partial charge is 0.268 e. The largest absolute Gasteiger partial charge is 0.268 e. The Morgan fingerprint density at radius 3 is 2.61 bits per heavy atom. The molecule has 1 aromatic heterocycles. The maximum atomic E-state index is 12.4. The van der Waals surface area contributed by atoms with Gasteiger partial charge in [0.25, 0.3) is 5.56 Å². The summed E-state index contributed by atoms with van der Waals surface area (Å²) in [6, 6.07) is 6.47. The van der Waals surface area contributed by atoms with Gasteiger partial charge < -0.3 is 0 Å². The number of fused-ring (bicyclic) bond motifs is 1. The molecular weight excluding hydrogens is 242 g/mol. The molecule has 3 rings (SSSR count). The summed E-state index contributed by atoms with van der Waals surface area (Å²) in [6.45, 7) is 4.40. The Morgan fingerprint density at radius 1 is 1.22 bits per heavy atom. The highest BCUT2D eigenvalue weighted by Crippen LogP contribution is 2.34. The molecule has 0 unspecified atom stereocenters. The second-order valence-corrected chi connectivity index (χ2v) is 6.57. The fraction of sp³-hybridized carbons (Fsp3) is 0.533. The van der Waals surface area contributed by atoms with Gasteiger partial charge in [-0.2, -0.15) is 0 Å². The number of aromatic nitrogens is 1. The standard InChI is InChI=1S/C15H19NOS/c1-10-6-8-12(9-7-10)16-15(17)13-5-3-4-11(2)14(13)18-16/h3-5,10,12H,6-9H2,1-2H3. The molecule has 1 aliphatic rings. The Hall–Kier alpha value is -1.09. The van der Waals surface area contributed by atoms with E-state index in [-0.39, 0.29) is 5.56 Å². The molecule has 3 heteroatoms. The van der Waals surface area contributed by atoms with Gasteiger partial charge in [-0.1, -0.05) is 30.6 Å². The van der Waals surface area contributed by atoms with E-state index in [1.807, 2.05) is 16.1 Å². The van der Waals surface area contributed by atoms with Crippen LogP contribution < -0.4 is 5.56 Å². The molecular formula is C15H19NOS. The van der Waals surface area contributed by atoms with Crippen LogP contribution in [0.1, 0.15) is 44.2 Å². The van der Waals surface area contributed by atoms with Gasteiger partial charge in [0.15, 0.2) is 0 Å². The van der Waals surface area contributed by atoms with Crippen LogP contribution in [0.15, 0.2) is 23.0 Å². The summed E-state index contributed by atoms with van der Waals surface area (Å²) in [5, 5.41) is 0.902. The SMILES string of the molecule is Cc1cccc2c(=O)n(C3CCC(C)CC3)sc12. The second kappa shape index (κ2) is 4.54. The number of benzene rings is 1. The maximum Gasteiger partial charge on any atom is 0.268 e. The van der Waals surface area contributed by atoms with Crippen molar-refractivity contribution in [1.29, 1.82) is 0 Å². The van der Waals surface area contributed by atoms with E-state index < -0.39 is 0 Å². The molecule has 0 saturated heterocycles. The predicted octanol–water partition coefficient (Wildman–Crippen LogP) is 4.12. The Bertz CT molecular complexity index is 617. The topological polar surface area (TPSA) is 22.0 Å². The minimum absolute atomic E-state index is 0.221. The van der Waals surface area contributed by atoms with Crippen molar-refractivity contribution in [3.8, 4) is 0 Å². The molecule has 0 aliphatic heterocycles. The molecule has 2 aromatic rings. The lowest BCUT2D eigenvalue weighted by Crippen LogP contribution is -2.23. The van der Waals surface area contributed by atoms with Crippen LogP contribution in [-0.2, 0) is 0 Å². The Labute approximate surface area is 111 Å². The molecule has 2 nitrogen and oxygen atoms in total. The molecule has 1 aliphatic carbocycles. The highest BCUT2D eigenvalue weighted by molar-refractivity contribution is 7.14. The lowest BCUT2D eigenvalue weighted by Gasteiger charge is -2.26. The minimum Gasteiger partial charge on any atom is -0.268 e. The molecule has 1 heterocycles. The lowest BCUT2D eigenvalue weighted by atomic mass is 9.88. The van der Waals surface area contributed by atoms with Crippen LogP contribution in [0.3, 0.4) is 0 Å². The number of aryl methyl sites for hydroxylation is 1. The molecule has 0 radical (unpaired) electrons. The summed E-state index contributed by atoms with van der Waals surface area (Å²) in [7, 11) is 0. The van der Waals surface area contributed by atoms with Gasteiger partial charge in [-0.15, -0.1) is 0 Å². The number of hydrogen-bond donors (Lipinski definition) is 0. The van der Waals surface area contributed by atoms with E-state index in [9.17, 15) is 4.79 Å². The van der Waals surface area contributed by atoms with Crippen LogP contribution in [0, 0.1) is 12.8 Å². The highest BCUT2D eigenvalue weighted by atomic mass is 32.1. The van der Waals surface area contributed by atoms with Crippen LogP contribution in [0.5, 0.6) is 0 Å². The summed E-state index contributed by atoms with van der Waals surface area (Å²) < 4.78 is 3.20. The van der Waals surface area contributed by atoms with Gasteiger partial charge in [0, 0.05) is 6.04 Å². The summed E-state index contributed by atoms with van der Waals surface area (Å²) in [6.07, 6.45) is 4.83. The quantitative estimate of drug-likeness (QED) is 0.756. The monoisotopic (exact) mass is 261 g/mol. The van der Waals surface area contributed by atoms with Gasteiger partial charge in [0.05, 0.1) is 10.1 Å². The Kier molecular flexibility index (Phi) is 3.02. The van der Waals surface area contributed by atoms with Crippen molar-refractivity contribution in [2.45, 2.75) is 45.6 Å². The lowest BCUT2D eigenvalue weighted by molar-refractivity contribution is 0.298. The first-order chi connectivity index (χ1) is 8.66. The Balaban J connectivity index is 2.05. The van der Waals surface area contributed by atoms with Crippen LogP contribution >= 0.6 is 11.5 Å². The zero-order chi connectivity index (χ0) is 12.7.